The van der Waals surface area contributed by atoms with Crippen molar-refractivity contribution >= 4 is 41.5 Å². The van der Waals surface area contributed by atoms with E-state index in [9.17, 15) is 9.59 Å². The third-order valence-electron chi connectivity index (χ3n) is 11.0. The number of thiol groups is 1. The number of hydrogen-bond donors (Lipinski definition) is 3. The normalized spacial score (nSPS) is 19.3. The Morgan fingerprint density at radius 2 is 1.26 bits per heavy atom. The molecule has 0 radical (unpaired) electrons. The fourth-order valence-electron chi connectivity index (χ4n) is 8.48. The number of fused-ring (bicyclic) bond motifs is 8. The van der Waals surface area contributed by atoms with E-state index < -0.39 is 0 Å². The molecule has 11 heteroatoms. The number of rotatable bonds is 9. The maximum absolute atomic E-state index is 13.9. The molecule has 2 N–H and O–H groups in total. The van der Waals surface area contributed by atoms with Crippen LogP contribution in [0.4, 0.5) is 17.1 Å². The van der Waals surface area contributed by atoms with Gasteiger partial charge in [0.05, 0.1) is 48.8 Å². The first-order valence-electron chi connectivity index (χ1n) is 18.5. The molecule has 1 aliphatic carbocycles. The Balaban J connectivity index is 0.923. The molecule has 2 amide bonds. The molecule has 9 rings (SSSR count). The predicted octanol–water partition coefficient (Wildman–Crippen LogP) is 7.53. The molecule has 276 valence electrons. The van der Waals surface area contributed by atoms with Crippen LogP contribution in [0.3, 0.4) is 0 Å². The molecule has 0 saturated carbocycles. The van der Waals surface area contributed by atoms with Gasteiger partial charge in [-0.25, -0.2) is 0 Å². The van der Waals surface area contributed by atoms with Crippen LogP contribution in [0.2, 0.25) is 0 Å². The van der Waals surface area contributed by atoms with Gasteiger partial charge in [-0.15, -0.1) is 0 Å². The molecule has 0 unspecified atom stereocenters. The van der Waals surface area contributed by atoms with E-state index in [1.54, 1.807) is 26.4 Å². The van der Waals surface area contributed by atoms with Gasteiger partial charge >= 0.3 is 0 Å². The Morgan fingerprint density at radius 3 is 1.89 bits per heavy atom. The van der Waals surface area contributed by atoms with Gasteiger partial charge in [0.2, 0.25) is 0 Å². The summed E-state index contributed by atoms with van der Waals surface area (Å²) in [4.78, 5) is 31.6. The molecule has 0 spiro atoms. The first-order chi connectivity index (χ1) is 26.4. The smallest absolute Gasteiger partial charge is 0.260 e. The van der Waals surface area contributed by atoms with Gasteiger partial charge < -0.3 is 39.4 Å². The van der Waals surface area contributed by atoms with E-state index in [0.29, 0.717) is 53.0 Å². The Labute approximate surface area is 320 Å². The van der Waals surface area contributed by atoms with E-state index >= 15 is 0 Å². The first-order valence-corrected chi connectivity index (χ1v) is 19.1. The summed E-state index contributed by atoms with van der Waals surface area (Å²) in [5.41, 5.74) is 9.94. The average Bonchev–Trinajstić information content (AvgIpc) is 3.70. The molecule has 0 bridgehead atoms. The predicted molar refractivity (Wildman–Crippen MR) is 211 cm³/mol. The van der Waals surface area contributed by atoms with Crippen LogP contribution in [0.5, 0.6) is 23.0 Å². The Morgan fingerprint density at radius 1 is 0.685 bits per heavy atom. The van der Waals surface area contributed by atoms with Crippen molar-refractivity contribution in [1.29, 1.82) is 0 Å². The lowest BCUT2D eigenvalue weighted by Crippen LogP contribution is -2.39. The van der Waals surface area contributed by atoms with Gasteiger partial charge in [0.15, 0.2) is 23.0 Å². The molecule has 0 aromatic heterocycles. The van der Waals surface area contributed by atoms with Crippen LogP contribution >= 0.6 is 12.6 Å². The van der Waals surface area contributed by atoms with Gasteiger partial charge in [-0.05, 0) is 77.8 Å². The second-order valence-corrected chi connectivity index (χ2v) is 14.7. The number of hydrogen-bond acceptors (Lipinski definition) is 9. The van der Waals surface area contributed by atoms with E-state index in [0.717, 1.165) is 65.1 Å². The SMILES string of the molecule is COc1cc2c(cc1OCc1cc(CS)cc(COc3cc4c(cc3OC)C(=O)N3c5ccccc5C[C@@H]3CN4)c1)NC[C@@H]1CC3=CCCC=C3N1C2=O. The lowest BCUT2D eigenvalue weighted by molar-refractivity contribution is 0.0788. The molecule has 1 fully saturated rings. The second kappa shape index (κ2) is 14.0. The number of amides is 2. The molecule has 4 aromatic carbocycles. The third-order valence-corrected chi connectivity index (χ3v) is 11.4. The van der Waals surface area contributed by atoms with Crippen LogP contribution in [-0.2, 0) is 25.4 Å². The number of ether oxygens (including phenoxy) is 4. The molecular formula is C43H42N4O6S. The average molecular weight is 743 g/mol. The molecule has 10 nitrogen and oxygen atoms in total. The van der Waals surface area contributed by atoms with Gasteiger partial charge in [0, 0.05) is 42.4 Å². The van der Waals surface area contributed by atoms with Crippen molar-refractivity contribution in [2.75, 3.05) is 42.8 Å². The number of benzene rings is 4. The quantitative estimate of drug-likeness (QED) is 0.151. The number of nitrogens with one attached hydrogen (secondary N) is 2. The molecule has 54 heavy (non-hydrogen) atoms. The molecule has 4 aliphatic heterocycles. The summed E-state index contributed by atoms with van der Waals surface area (Å²) in [5, 5.41) is 7.02. The summed E-state index contributed by atoms with van der Waals surface area (Å²) in [6, 6.07) is 21.7. The van der Waals surface area contributed by atoms with Crippen molar-refractivity contribution in [3.63, 3.8) is 0 Å². The number of methoxy groups -OCH3 is 2. The van der Waals surface area contributed by atoms with Crippen LogP contribution in [0, 0.1) is 0 Å². The largest absolute Gasteiger partial charge is 0.493 e. The van der Waals surface area contributed by atoms with Crippen LogP contribution in [0.1, 0.15) is 62.2 Å². The zero-order valence-corrected chi connectivity index (χ0v) is 31.2. The van der Waals surface area contributed by atoms with Gasteiger partial charge in [-0.3, -0.25) is 9.59 Å². The van der Waals surface area contributed by atoms with Crippen molar-refractivity contribution in [1.82, 2.24) is 4.90 Å². The van der Waals surface area contributed by atoms with Crippen molar-refractivity contribution in [2.45, 2.75) is 56.7 Å². The van der Waals surface area contributed by atoms with Crippen molar-refractivity contribution in [2.24, 2.45) is 0 Å². The standard InChI is InChI=1S/C43H42N4O6S/c1-50-38-16-32-34(44-20-30-14-28-7-3-5-9-36(28)46(30)42(32)48)18-40(38)52-22-25-11-26(13-27(12-25)24-54)23-53-41-19-35-33(17-39(41)51-2)43(49)47-31(21-45-35)15-29-8-4-6-10-37(29)47/h3,5,7-13,16-19,30-31,44-45,54H,4,6,14-15,20-24H2,1-2H3/t30-,31+/m1/s1. The van der Waals surface area contributed by atoms with Crippen molar-refractivity contribution in [3.05, 3.63) is 124 Å². The van der Waals surface area contributed by atoms with Crippen LogP contribution < -0.4 is 34.5 Å². The molecule has 1 saturated heterocycles. The summed E-state index contributed by atoms with van der Waals surface area (Å²) in [6.45, 7) is 1.81. The molecular weight excluding hydrogens is 701 g/mol. The van der Waals surface area contributed by atoms with E-state index in [1.165, 1.54) is 11.1 Å². The van der Waals surface area contributed by atoms with E-state index in [-0.39, 0.29) is 37.1 Å². The summed E-state index contributed by atoms with van der Waals surface area (Å²) in [5.74, 6) is 2.53. The topological polar surface area (TPSA) is 102 Å². The third kappa shape index (κ3) is 6.00. The number of carbonyl (C=O) groups excluding carboxylic acids is 2. The van der Waals surface area contributed by atoms with Crippen molar-refractivity contribution < 1.29 is 28.5 Å². The highest BCUT2D eigenvalue weighted by Crippen LogP contribution is 2.43. The summed E-state index contributed by atoms with van der Waals surface area (Å²) >= 11 is 4.57. The summed E-state index contributed by atoms with van der Waals surface area (Å²) in [6.07, 6.45) is 8.10. The van der Waals surface area contributed by atoms with Crippen LogP contribution in [-0.4, -0.2) is 56.1 Å². The summed E-state index contributed by atoms with van der Waals surface area (Å²) < 4.78 is 24.3. The van der Waals surface area contributed by atoms with E-state index in [1.807, 2.05) is 46.2 Å². The van der Waals surface area contributed by atoms with Crippen molar-refractivity contribution in [3.8, 4) is 23.0 Å². The highest BCUT2D eigenvalue weighted by Gasteiger charge is 2.40. The van der Waals surface area contributed by atoms with Crippen LogP contribution in [0.15, 0.2) is 90.2 Å². The number of anilines is 3. The lowest BCUT2D eigenvalue weighted by Gasteiger charge is -2.24. The number of nitrogens with zero attached hydrogens (tertiary/aromatic N) is 2. The first kappa shape index (κ1) is 34.2. The van der Waals surface area contributed by atoms with Crippen LogP contribution in [0.25, 0.3) is 0 Å². The zero-order valence-electron chi connectivity index (χ0n) is 30.3. The number of allylic oxidation sites excluding steroid dienone is 3. The molecule has 4 aromatic rings. The Kier molecular flexibility index (Phi) is 8.89. The highest BCUT2D eigenvalue weighted by atomic mass is 32.1. The van der Waals surface area contributed by atoms with E-state index in [4.69, 9.17) is 18.9 Å². The maximum Gasteiger partial charge on any atom is 0.260 e. The van der Waals surface area contributed by atoms with Gasteiger partial charge in [-0.2, -0.15) is 12.6 Å². The van der Waals surface area contributed by atoms with Gasteiger partial charge in [0.1, 0.15) is 13.2 Å². The fourth-order valence-corrected chi connectivity index (χ4v) is 8.66. The molecule has 5 aliphatic rings. The molecule has 4 heterocycles. The molecule has 2 atom stereocenters. The Hall–Kier alpha value is -5.55. The minimum absolute atomic E-state index is 0.0212. The number of carbonyl (C=O) groups is 2. The van der Waals surface area contributed by atoms with Gasteiger partial charge in [0.25, 0.3) is 11.8 Å². The zero-order chi connectivity index (χ0) is 36.9. The monoisotopic (exact) mass is 742 g/mol. The highest BCUT2D eigenvalue weighted by molar-refractivity contribution is 7.79. The lowest BCUT2D eigenvalue weighted by atomic mass is 10.0. The summed E-state index contributed by atoms with van der Waals surface area (Å²) in [7, 11) is 3.18. The fraction of sp³-hybridized carbons (Fsp3) is 0.302. The maximum atomic E-state index is 13.9. The van der Waals surface area contributed by atoms with Gasteiger partial charge in [-0.1, -0.05) is 42.5 Å². The second-order valence-electron chi connectivity index (χ2n) is 14.3. The Bertz CT molecular complexity index is 2250. The minimum Gasteiger partial charge on any atom is -0.493 e. The minimum atomic E-state index is -0.0529. The van der Waals surface area contributed by atoms with E-state index in [2.05, 4.69) is 53.6 Å². The number of para-hydroxylation sites is 1.